The topological polar surface area (TPSA) is 43.8 Å². The third-order valence-electron chi connectivity index (χ3n) is 3.49. The van der Waals surface area contributed by atoms with Gasteiger partial charge in [-0.3, -0.25) is 0 Å². The summed E-state index contributed by atoms with van der Waals surface area (Å²) in [5, 5.41) is 0.729. The third-order valence-corrected chi connectivity index (χ3v) is 3.74. The Labute approximate surface area is 123 Å². The Kier molecular flexibility index (Phi) is 3.47. The smallest absolute Gasteiger partial charge is 0.0964 e. The predicted molar refractivity (Wildman–Crippen MR) is 83.0 cm³/mol. The predicted octanol–water partition coefficient (Wildman–Crippen LogP) is 3.63. The maximum Gasteiger partial charge on any atom is 0.0964 e. The highest BCUT2D eigenvalue weighted by molar-refractivity contribution is 6.30. The summed E-state index contributed by atoms with van der Waals surface area (Å²) in [5.41, 5.74) is 9.41. The van der Waals surface area contributed by atoms with Crippen LogP contribution in [0.4, 0.5) is 0 Å². The lowest BCUT2D eigenvalue weighted by Gasteiger charge is -2.23. The van der Waals surface area contributed by atoms with Crippen molar-refractivity contribution in [1.82, 2.24) is 9.55 Å². The van der Waals surface area contributed by atoms with Gasteiger partial charge in [0.15, 0.2) is 0 Å². The average Bonchev–Trinajstić information content (AvgIpc) is 2.85. The number of fused-ring (bicyclic) bond motifs is 1. The molecule has 2 unspecified atom stereocenters. The molecular formula is C16H16ClN3. The lowest BCUT2D eigenvalue weighted by molar-refractivity contribution is 0.507. The van der Waals surface area contributed by atoms with Crippen LogP contribution < -0.4 is 5.73 Å². The molecule has 0 bridgehead atoms. The summed E-state index contributed by atoms with van der Waals surface area (Å²) in [4.78, 5) is 4.45. The lowest BCUT2D eigenvalue weighted by atomic mass is 10.0. The summed E-state index contributed by atoms with van der Waals surface area (Å²) in [6, 6.07) is 15.9. The van der Waals surface area contributed by atoms with Crippen molar-refractivity contribution >= 4 is 22.6 Å². The van der Waals surface area contributed by atoms with Gasteiger partial charge in [0.2, 0.25) is 0 Å². The van der Waals surface area contributed by atoms with E-state index in [1.807, 2.05) is 55.7 Å². The monoisotopic (exact) mass is 285 g/mol. The molecule has 1 aromatic heterocycles. The summed E-state index contributed by atoms with van der Waals surface area (Å²) in [7, 11) is 0. The Hall–Kier alpha value is -1.84. The first-order valence-corrected chi connectivity index (χ1v) is 6.97. The number of rotatable bonds is 3. The third kappa shape index (κ3) is 2.30. The largest absolute Gasteiger partial charge is 0.326 e. The minimum Gasteiger partial charge on any atom is -0.326 e. The zero-order valence-corrected chi connectivity index (χ0v) is 12.0. The fraction of sp³-hybridized carbons (Fsp3) is 0.188. The Balaban J connectivity index is 2.13. The van der Waals surface area contributed by atoms with E-state index in [2.05, 4.69) is 15.6 Å². The molecule has 2 atom stereocenters. The number of hydrogen-bond acceptors (Lipinski definition) is 2. The van der Waals surface area contributed by atoms with Gasteiger partial charge in [0.1, 0.15) is 0 Å². The van der Waals surface area contributed by atoms with Crippen LogP contribution in [-0.4, -0.2) is 15.6 Å². The van der Waals surface area contributed by atoms with Crippen molar-refractivity contribution < 1.29 is 0 Å². The second-order valence-corrected chi connectivity index (χ2v) is 5.43. The summed E-state index contributed by atoms with van der Waals surface area (Å²) < 4.78 is 2.13. The quantitative estimate of drug-likeness (QED) is 0.799. The molecule has 20 heavy (non-hydrogen) atoms. The highest BCUT2D eigenvalue weighted by atomic mass is 35.5. The van der Waals surface area contributed by atoms with Crippen molar-refractivity contribution in [2.75, 3.05) is 0 Å². The van der Waals surface area contributed by atoms with Gasteiger partial charge < -0.3 is 10.3 Å². The minimum atomic E-state index is -0.0335. The van der Waals surface area contributed by atoms with E-state index in [0.29, 0.717) is 0 Å². The molecular weight excluding hydrogens is 270 g/mol. The molecule has 0 saturated heterocycles. The van der Waals surface area contributed by atoms with Gasteiger partial charge in [-0.25, -0.2) is 4.98 Å². The number of halogens is 1. The number of nitrogens with two attached hydrogens (primary N) is 1. The summed E-state index contributed by atoms with van der Waals surface area (Å²) >= 11 is 5.97. The summed E-state index contributed by atoms with van der Waals surface area (Å²) in [5.74, 6) is 0. The van der Waals surface area contributed by atoms with Gasteiger partial charge in [0.25, 0.3) is 0 Å². The Morgan fingerprint density at radius 2 is 1.80 bits per heavy atom. The molecule has 0 saturated carbocycles. The fourth-order valence-corrected chi connectivity index (χ4v) is 2.70. The van der Waals surface area contributed by atoms with E-state index in [-0.39, 0.29) is 12.1 Å². The zero-order valence-electron chi connectivity index (χ0n) is 11.2. The van der Waals surface area contributed by atoms with Gasteiger partial charge in [0.05, 0.1) is 23.4 Å². The van der Waals surface area contributed by atoms with Gasteiger partial charge in [-0.05, 0) is 36.8 Å². The van der Waals surface area contributed by atoms with Crippen LogP contribution in [0.1, 0.15) is 18.5 Å². The molecule has 3 rings (SSSR count). The van der Waals surface area contributed by atoms with Crippen LogP contribution >= 0.6 is 11.6 Å². The molecule has 2 aromatic carbocycles. The Morgan fingerprint density at radius 1 is 1.10 bits per heavy atom. The van der Waals surface area contributed by atoms with Gasteiger partial charge in [0, 0.05) is 11.1 Å². The first kappa shape index (κ1) is 13.2. The van der Waals surface area contributed by atoms with E-state index < -0.39 is 0 Å². The molecule has 0 amide bonds. The molecule has 0 aliphatic rings. The van der Waals surface area contributed by atoms with Crippen LogP contribution in [0.2, 0.25) is 5.02 Å². The SMILES string of the molecule is CC(N)C(c1ccc(Cl)cc1)n1cnc2ccccc21. The lowest BCUT2D eigenvalue weighted by Crippen LogP contribution is -2.29. The van der Waals surface area contributed by atoms with Crippen LogP contribution in [-0.2, 0) is 0 Å². The highest BCUT2D eigenvalue weighted by Crippen LogP contribution is 2.26. The highest BCUT2D eigenvalue weighted by Gasteiger charge is 2.20. The molecule has 2 N–H and O–H groups in total. The normalized spacial score (nSPS) is 14.3. The van der Waals surface area contributed by atoms with Crippen molar-refractivity contribution in [3.05, 3.63) is 65.4 Å². The van der Waals surface area contributed by atoms with Crippen molar-refractivity contribution in [2.24, 2.45) is 5.73 Å². The number of nitrogens with zero attached hydrogens (tertiary/aromatic N) is 2. The molecule has 1 heterocycles. The number of aromatic nitrogens is 2. The zero-order chi connectivity index (χ0) is 14.1. The molecule has 0 radical (unpaired) electrons. The van der Waals surface area contributed by atoms with Crippen molar-refractivity contribution in [3.8, 4) is 0 Å². The molecule has 4 heteroatoms. The molecule has 102 valence electrons. The van der Waals surface area contributed by atoms with E-state index in [4.69, 9.17) is 17.3 Å². The van der Waals surface area contributed by atoms with E-state index in [9.17, 15) is 0 Å². The van der Waals surface area contributed by atoms with E-state index in [1.165, 1.54) is 0 Å². The van der Waals surface area contributed by atoms with Crippen molar-refractivity contribution in [3.63, 3.8) is 0 Å². The second kappa shape index (κ2) is 5.27. The second-order valence-electron chi connectivity index (χ2n) is 5.00. The number of benzene rings is 2. The Bertz CT molecular complexity index is 716. The van der Waals surface area contributed by atoms with Crippen LogP contribution in [0.3, 0.4) is 0 Å². The van der Waals surface area contributed by atoms with E-state index in [0.717, 1.165) is 21.6 Å². The molecule has 0 aliphatic heterocycles. The van der Waals surface area contributed by atoms with E-state index >= 15 is 0 Å². The first-order valence-electron chi connectivity index (χ1n) is 6.59. The number of hydrogen-bond donors (Lipinski definition) is 1. The fourth-order valence-electron chi connectivity index (χ4n) is 2.58. The molecule has 0 fully saturated rings. The minimum absolute atomic E-state index is 0.0335. The van der Waals surface area contributed by atoms with Gasteiger partial charge in [-0.15, -0.1) is 0 Å². The van der Waals surface area contributed by atoms with Gasteiger partial charge in [-0.1, -0.05) is 35.9 Å². The number of para-hydroxylation sites is 2. The Morgan fingerprint density at radius 3 is 2.50 bits per heavy atom. The molecule has 3 nitrogen and oxygen atoms in total. The molecule has 3 aromatic rings. The van der Waals surface area contributed by atoms with Gasteiger partial charge in [-0.2, -0.15) is 0 Å². The maximum atomic E-state index is 6.21. The van der Waals surface area contributed by atoms with Gasteiger partial charge >= 0.3 is 0 Å². The first-order chi connectivity index (χ1) is 9.66. The van der Waals surface area contributed by atoms with E-state index in [1.54, 1.807) is 0 Å². The van der Waals surface area contributed by atoms with Crippen molar-refractivity contribution in [1.29, 1.82) is 0 Å². The average molecular weight is 286 g/mol. The standard InChI is InChI=1S/C16H16ClN3/c1-11(18)16(12-6-8-13(17)9-7-12)20-10-19-14-4-2-3-5-15(14)20/h2-11,16H,18H2,1H3. The maximum absolute atomic E-state index is 6.21. The van der Waals surface area contributed by atoms with Crippen LogP contribution in [0.15, 0.2) is 54.9 Å². The molecule has 0 spiro atoms. The molecule has 0 aliphatic carbocycles. The summed E-state index contributed by atoms with van der Waals surface area (Å²) in [6.07, 6.45) is 1.85. The summed E-state index contributed by atoms with van der Waals surface area (Å²) in [6.45, 7) is 2.01. The number of imidazole rings is 1. The van der Waals surface area contributed by atoms with Crippen LogP contribution in [0.5, 0.6) is 0 Å². The van der Waals surface area contributed by atoms with Crippen LogP contribution in [0, 0.1) is 0 Å². The van der Waals surface area contributed by atoms with Crippen molar-refractivity contribution in [2.45, 2.75) is 19.0 Å². The van der Waals surface area contributed by atoms with Crippen LogP contribution in [0.25, 0.3) is 11.0 Å².